The zero-order valence-electron chi connectivity index (χ0n) is 14.7. The Kier molecular flexibility index (Phi) is 5.11. The molecule has 0 fully saturated rings. The van der Waals surface area contributed by atoms with Gasteiger partial charge in [-0.05, 0) is 24.3 Å². The van der Waals surface area contributed by atoms with E-state index in [9.17, 15) is 4.79 Å². The van der Waals surface area contributed by atoms with Crippen molar-refractivity contribution in [2.45, 2.75) is 13.3 Å². The molecular formula is C16H19N7O3. The molecule has 0 saturated carbocycles. The van der Waals surface area contributed by atoms with E-state index in [1.807, 2.05) is 24.3 Å². The minimum absolute atomic E-state index is 0.197. The molecule has 1 aromatic carbocycles. The van der Waals surface area contributed by atoms with Crippen molar-refractivity contribution in [1.29, 1.82) is 0 Å². The minimum Gasteiger partial charge on any atom is -0.497 e. The predicted molar refractivity (Wildman–Crippen MR) is 92.8 cm³/mol. The second kappa shape index (κ2) is 7.64. The van der Waals surface area contributed by atoms with Crippen LogP contribution in [0.25, 0.3) is 11.4 Å². The molecule has 2 N–H and O–H groups in total. The van der Waals surface area contributed by atoms with Crippen molar-refractivity contribution in [3.05, 3.63) is 36.0 Å². The lowest BCUT2D eigenvalue weighted by Gasteiger charge is -2.15. The van der Waals surface area contributed by atoms with Gasteiger partial charge in [-0.25, -0.2) is 4.79 Å². The number of carbonyl (C=O) groups excluding carboxylic acids is 1. The average molecular weight is 357 g/mol. The first kappa shape index (κ1) is 17.4. The van der Waals surface area contributed by atoms with Crippen molar-refractivity contribution in [2.24, 2.45) is 0 Å². The molecule has 10 nitrogen and oxygen atoms in total. The molecule has 0 unspecified atom stereocenters. The van der Waals surface area contributed by atoms with Crippen LogP contribution >= 0.6 is 0 Å². The summed E-state index contributed by atoms with van der Waals surface area (Å²) < 4.78 is 10.0. The smallest absolute Gasteiger partial charge is 0.324 e. The van der Waals surface area contributed by atoms with E-state index in [-0.39, 0.29) is 12.0 Å². The first-order valence-corrected chi connectivity index (χ1v) is 7.93. The highest BCUT2D eigenvalue weighted by molar-refractivity contribution is 5.87. The number of likely N-dealkylation sites (N-methyl/N-ethyl adjacent to an activating group) is 1. The number of aromatic nitrogens is 5. The van der Waals surface area contributed by atoms with Crippen LogP contribution in [0.5, 0.6) is 5.75 Å². The van der Waals surface area contributed by atoms with Crippen molar-refractivity contribution in [1.82, 2.24) is 30.2 Å². The number of benzene rings is 1. The maximum Gasteiger partial charge on any atom is 0.324 e. The van der Waals surface area contributed by atoms with Crippen LogP contribution in [0, 0.1) is 6.92 Å². The third-order valence-corrected chi connectivity index (χ3v) is 3.65. The average Bonchev–Trinajstić information content (AvgIpc) is 3.28. The number of nitrogens with zero attached hydrogens (tertiary/aromatic N) is 5. The summed E-state index contributed by atoms with van der Waals surface area (Å²) >= 11 is 0. The zero-order chi connectivity index (χ0) is 18.5. The molecule has 0 atom stereocenters. The van der Waals surface area contributed by atoms with Gasteiger partial charge in [0.2, 0.25) is 11.8 Å². The molecule has 136 valence electrons. The second-order valence-corrected chi connectivity index (χ2v) is 5.57. The number of rotatable bonds is 6. The lowest BCUT2D eigenvalue weighted by Crippen LogP contribution is -2.33. The van der Waals surface area contributed by atoms with E-state index < -0.39 is 0 Å². The standard InChI is InChI=1S/C16H19N7O3/c1-10-17-13(22-26-10)8-9-23(2)16(24)19-15-18-14(20-21-15)11-4-6-12(25-3)7-5-11/h4-7H,8-9H2,1-3H3,(H2,18,19,20,21,24). The van der Waals surface area contributed by atoms with Crippen LogP contribution in [0.2, 0.25) is 0 Å². The highest BCUT2D eigenvalue weighted by Crippen LogP contribution is 2.19. The molecule has 0 aliphatic heterocycles. The maximum absolute atomic E-state index is 12.2. The number of amides is 2. The molecular weight excluding hydrogens is 338 g/mol. The monoisotopic (exact) mass is 357 g/mol. The number of aromatic amines is 1. The number of aryl methyl sites for hydroxylation is 1. The SMILES string of the molecule is COc1ccc(-c2nc(NC(=O)N(C)CCc3noc(C)n3)n[nH]2)cc1. The quantitative estimate of drug-likeness (QED) is 0.690. The second-order valence-electron chi connectivity index (χ2n) is 5.57. The van der Waals surface area contributed by atoms with Crippen molar-refractivity contribution in [3.63, 3.8) is 0 Å². The van der Waals surface area contributed by atoms with Gasteiger partial charge in [0.25, 0.3) is 0 Å². The number of H-pyrrole nitrogens is 1. The van der Waals surface area contributed by atoms with Gasteiger partial charge in [0.05, 0.1) is 7.11 Å². The topological polar surface area (TPSA) is 122 Å². The maximum atomic E-state index is 12.2. The van der Waals surface area contributed by atoms with Crippen LogP contribution in [-0.4, -0.2) is 57.0 Å². The van der Waals surface area contributed by atoms with Gasteiger partial charge in [-0.1, -0.05) is 5.16 Å². The molecule has 0 aliphatic carbocycles. The van der Waals surface area contributed by atoms with Gasteiger partial charge >= 0.3 is 6.03 Å². The zero-order valence-corrected chi connectivity index (χ0v) is 14.7. The summed E-state index contributed by atoms with van der Waals surface area (Å²) in [6.45, 7) is 2.15. The van der Waals surface area contributed by atoms with Crippen LogP contribution < -0.4 is 10.1 Å². The molecule has 0 aliphatic rings. The number of hydrogen-bond donors (Lipinski definition) is 2. The van der Waals surface area contributed by atoms with Gasteiger partial charge in [0.1, 0.15) is 5.75 Å². The number of urea groups is 1. The number of ether oxygens (including phenoxy) is 1. The minimum atomic E-state index is -0.328. The highest BCUT2D eigenvalue weighted by Gasteiger charge is 2.14. The molecule has 0 bridgehead atoms. The third kappa shape index (κ3) is 4.15. The molecule has 0 spiro atoms. The van der Waals surface area contributed by atoms with Gasteiger partial charge < -0.3 is 14.2 Å². The first-order valence-electron chi connectivity index (χ1n) is 7.93. The van der Waals surface area contributed by atoms with E-state index in [0.29, 0.717) is 30.5 Å². The number of carbonyl (C=O) groups is 1. The van der Waals surface area contributed by atoms with E-state index in [2.05, 4.69) is 30.6 Å². The Morgan fingerprint density at radius 1 is 1.31 bits per heavy atom. The number of methoxy groups -OCH3 is 1. The summed E-state index contributed by atoms with van der Waals surface area (Å²) in [5, 5.41) is 13.2. The highest BCUT2D eigenvalue weighted by atomic mass is 16.5. The van der Waals surface area contributed by atoms with Gasteiger partial charge in [-0.2, -0.15) is 9.97 Å². The fourth-order valence-electron chi connectivity index (χ4n) is 2.20. The fourth-order valence-corrected chi connectivity index (χ4v) is 2.20. The first-order chi connectivity index (χ1) is 12.5. The van der Waals surface area contributed by atoms with Crippen LogP contribution in [0.1, 0.15) is 11.7 Å². The largest absolute Gasteiger partial charge is 0.497 e. The number of hydrogen-bond acceptors (Lipinski definition) is 7. The Morgan fingerprint density at radius 2 is 2.08 bits per heavy atom. The lowest BCUT2D eigenvalue weighted by molar-refractivity contribution is 0.222. The number of anilines is 1. The Morgan fingerprint density at radius 3 is 2.73 bits per heavy atom. The fraction of sp³-hybridized carbons (Fsp3) is 0.312. The summed E-state index contributed by atoms with van der Waals surface area (Å²) in [6.07, 6.45) is 0.492. The van der Waals surface area contributed by atoms with Crippen molar-refractivity contribution in [3.8, 4) is 17.1 Å². The van der Waals surface area contributed by atoms with Crippen LogP contribution in [-0.2, 0) is 6.42 Å². The Labute approximate surface area is 149 Å². The molecule has 10 heteroatoms. The summed E-state index contributed by atoms with van der Waals surface area (Å²) in [6, 6.07) is 7.02. The summed E-state index contributed by atoms with van der Waals surface area (Å²) in [5.74, 6) is 2.55. The molecule has 26 heavy (non-hydrogen) atoms. The van der Waals surface area contributed by atoms with Crippen LogP contribution in [0.15, 0.2) is 28.8 Å². The summed E-state index contributed by atoms with van der Waals surface area (Å²) in [5.41, 5.74) is 0.833. The van der Waals surface area contributed by atoms with Gasteiger partial charge in [0.15, 0.2) is 11.6 Å². The van der Waals surface area contributed by atoms with E-state index >= 15 is 0 Å². The van der Waals surface area contributed by atoms with Crippen LogP contribution in [0.4, 0.5) is 10.7 Å². The summed E-state index contributed by atoms with van der Waals surface area (Å²) in [4.78, 5) is 22.1. The normalized spacial score (nSPS) is 10.6. The van der Waals surface area contributed by atoms with Crippen molar-refractivity contribution >= 4 is 12.0 Å². The van der Waals surface area contributed by atoms with Gasteiger partial charge in [0, 0.05) is 32.5 Å². The van der Waals surface area contributed by atoms with Crippen molar-refractivity contribution < 1.29 is 14.1 Å². The predicted octanol–water partition coefficient (Wildman–Crippen LogP) is 1.88. The molecule has 3 aromatic rings. The van der Waals surface area contributed by atoms with Crippen LogP contribution in [0.3, 0.4) is 0 Å². The van der Waals surface area contributed by atoms with Crippen molar-refractivity contribution in [2.75, 3.05) is 26.0 Å². The van der Waals surface area contributed by atoms with E-state index in [1.165, 1.54) is 4.90 Å². The molecule has 2 heterocycles. The number of nitrogens with one attached hydrogen (secondary N) is 2. The molecule has 2 amide bonds. The van der Waals surface area contributed by atoms with Gasteiger partial charge in [-0.3, -0.25) is 10.4 Å². The molecule has 3 rings (SSSR count). The Hall–Kier alpha value is -3.43. The Bertz CT molecular complexity index is 872. The lowest BCUT2D eigenvalue weighted by atomic mass is 10.2. The Balaban J connectivity index is 1.56. The van der Waals surface area contributed by atoms with E-state index in [4.69, 9.17) is 9.26 Å². The third-order valence-electron chi connectivity index (χ3n) is 3.65. The van der Waals surface area contributed by atoms with Gasteiger partial charge in [-0.15, -0.1) is 5.10 Å². The molecule has 0 radical (unpaired) electrons. The van der Waals surface area contributed by atoms with E-state index in [0.717, 1.165) is 11.3 Å². The molecule has 0 saturated heterocycles. The summed E-state index contributed by atoms with van der Waals surface area (Å²) in [7, 11) is 3.27. The van der Waals surface area contributed by atoms with E-state index in [1.54, 1.807) is 21.1 Å². The molecule has 2 aromatic heterocycles.